The number of rotatable bonds is 3. The second-order valence-corrected chi connectivity index (χ2v) is 3.82. The average molecular weight is 240 g/mol. The molecule has 2 aromatic rings. The van der Waals surface area contributed by atoms with Gasteiger partial charge in [-0.25, -0.2) is 0 Å². The summed E-state index contributed by atoms with van der Waals surface area (Å²) in [5.41, 5.74) is 1.45. The van der Waals surface area contributed by atoms with Gasteiger partial charge in [-0.3, -0.25) is 4.79 Å². The van der Waals surface area contributed by atoms with Crippen molar-refractivity contribution in [3.05, 3.63) is 28.9 Å². The first-order valence-electron chi connectivity index (χ1n) is 4.67. The number of H-pyrrole nitrogens is 1. The van der Waals surface area contributed by atoms with Crippen LogP contribution in [0.3, 0.4) is 0 Å². The van der Waals surface area contributed by atoms with E-state index in [2.05, 4.69) is 4.98 Å². The average Bonchev–Trinajstić information content (AvgIpc) is 2.60. The fourth-order valence-corrected chi connectivity index (χ4v) is 2.01. The number of benzene rings is 1. The molecule has 0 amide bonds. The van der Waals surface area contributed by atoms with Gasteiger partial charge < -0.3 is 14.8 Å². The van der Waals surface area contributed by atoms with Crippen molar-refractivity contribution < 1.29 is 14.6 Å². The van der Waals surface area contributed by atoms with Crippen LogP contribution >= 0.6 is 11.6 Å². The van der Waals surface area contributed by atoms with E-state index in [0.717, 1.165) is 10.9 Å². The number of aliphatic carboxylic acids is 1. The Bertz CT molecular complexity index is 547. The van der Waals surface area contributed by atoms with Crippen LogP contribution in [-0.2, 0) is 11.2 Å². The summed E-state index contributed by atoms with van der Waals surface area (Å²) in [4.78, 5) is 13.6. The molecule has 1 heterocycles. The normalized spacial score (nSPS) is 10.6. The summed E-state index contributed by atoms with van der Waals surface area (Å²) in [6, 6.07) is 3.45. The standard InChI is InChI=1S/C11H10ClNO3/c1-16-7-3-8(12)11-6(2-10(14)15)5-13-9(11)4-7/h3-5,13H,2H2,1H3,(H,14,15). The summed E-state index contributed by atoms with van der Waals surface area (Å²) >= 11 is 6.08. The zero-order valence-corrected chi connectivity index (χ0v) is 9.34. The monoisotopic (exact) mass is 239 g/mol. The van der Waals surface area contributed by atoms with Gasteiger partial charge in [0.25, 0.3) is 0 Å². The first kappa shape index (κ1) is 10.8. The molecule has 4 nitrogen and oxygen atoms in total. The number of nitrogens with one attached hydrogen (secondary N) is 1. The zero-order chi connectivity index (χ0) is 11.7. The molecule has 0 saturated carbocycles. The summed E-state index contributed by atoms with van der Waals surface area (Å²) < 4.78 is 5.07. The van der Waals surface area contributed by atoms with Crippen molar-refractivity contribution in [1.29, 1.82) is 0 Å². The first-order valence-corrected chi connectivity index (χ1v) is 5.05. The molecule has 0 aliphatic rings. The van der Waals surface area contributed by atoms with E-state index in [0.29, 0.717) is 16.3 Å². The molecule has 1 aromatic heterocycles. The lowest BCUT2D eigenvalue weighted by Crippen LogP contribution is -1.99. The van der Waals surface area contributed by atoms with Crippen LogP contribution in [-0.4, -0.2) is 23.2 Å². The molecule has 16 heavy (non-hydrogen) atoms. The molecule has 0 unspecified atom stereocenters. The Hall–Kier alpha value is -1.68. The van der Waals surface area contributed by atoms with E-state index in [-0.39, 0.29) is 6.42 Å². The number of fused-ring (bicyclic) bond motifs is 1. The molecule has 0 radical (unpaired) electrons. The van der Waals surface area contributed by atoms with Crippen molar-refractivity contribution in [2.45, 2.75) is 6.42 Å². The van der Waals surface area contributed by atoms with Crippen LogP contribution in [0.5, 0.6) is 5.75 Å². The molecule has 0 aliphatic heterocycles. The van der Waals surface area contributed by atoms with E-state index >= 15 is 0 Å². The van der Waals surface area contributed by atoms with Gasteiger partial charge in [-0.2, -0.15) is 0 Å². The number of hydrogen-bond acceptors (Lipinski definition) is 2. The van der Waals surface area contributed by atoms with Gasteiger partial charge in [-0.15, -0.1) is 0 Å². The van der Waals surface area contributed by atoms with Gasteiger partial charge in [0.05, 0.1) is 24.1 Å². The molecule has 0 atom stereocenters. The van der Waals surface area contributed by atoms with Crippen LogP contribution < -0.4 is 4.74 Å². The van der Waals surface area contributed by atoms with Gasteiger partial charge in [-0.1, -0.05) is 11.6 Å². The quantitative estimate of drug-likeness (QED) is 0.865. The molecule has 2 N–H and O–H groups in total. The van der Waals surface area contributed by atoms with Crippen molar-refractivity contribution in [2.24, 2.45) is 0 Å². The maximum atomic E-state index is 10.7. The third-order valence-corrected chi connectivity index (χ3v) is 2.66. The van der Waals surface area contributed by atoms with Gasteiger partial charge in [0.2, 0.25) is 0 Å². The predicted molar refractivity (Wildman–Crippen MR) is 61.2 cm³/mol. The number of ether oxygens (including phenoxy) is 1. The fourth-order valence-electron chi connectivity index (χ4n) is 1.68. The summed E-state index contributed by atoms with van der Waals surface area (Å²) in [6.07, 6.45) is 1.61. The number of carboxylic acid groups (broad SMARTS) is 1. The lowest BCUT2D eigenvalue weighted by atomic mass is 10.1. The Labute approximate surface area is 96.8 Å². The van der Waals surface area contributed by atoms with Crippen molar-refractivity contribution in [3.63, 3.8) is 0 Å². The van der Waals surface area contributed by atoms with Crippen molar-refractivity contribution in [2.75, 3.05) is 7.11 Å². The lowest BCUT2D eigenvalue weighted by Gasteiger charge is -2.02. The van der Waals surface area contributed by atoms with E-state index in [1.165, 1.54) is 0 Å². The highest BCUT2D eigenvalue weighted by Gasteiger charge is 2.12. The fraction of sp³-hybridized carbons (Fsp3) is 0.182. The van der Waals surface area contributed by atoms with Crippen molar-refractivity contribution in [1.82, 2.24) is 4.98 Å². The maximum absolute atomic E-state index is 10.7. The second-order valence-electron chi connectivity index (χ2n) is 3.42. The van der Waals surface area contributed by atoms with Gasteiger partial charge in [0, 0.05) is 17.6 Å². The second kappa shape index (κ2) is 4.06. The van der Waals surface area contributed by atoms with Gasteiger partial charge >= 0.3 is 5.97 Å². The summed E-state index contributed by atoms with van der Waals surface area (Å²) in [7, 11) is 1.55. The molecule has 1 aromatic carbocycles. The minimum atomic E-state index is -0.882. The number of aromatic amines is 1. The highest BCUT2D eigenvalue weighted by molar-refractivity contribution is 6.36. The smallest absolute Gasteiger partial charge is 0.307 e. The summed E-state index contributed by atoms with van der Waals surface area (Å²) in [6.45, 7) is 0. The van der Waals surface area contributed by atoms with Gasteiger partial charge in [0.1, 0.15) is 5.75 Å². The number of carbonyl (C=O) groups is 1. The molecule has 0 saturated heterocycles. The lowest BCUT2D eigenvalue weighted by molar-refractivity contribution is -0.136. The number of hydrogen-bond donors (Lipinski definition) is 2. The van der Waals surface area contributed by atoms with Crippen LogP contribution in [0.15, 0.2) is 18.3 Å². The number of methoxy groups -OCH3 is 1. The molecular weight excluding hydrogens is 230 g/mol. The Morgan fingerprint density at radius 2 is 2.31 bits per heavy atom. The van der Waals surface area contributed by atoms with E-state index in [1.54, 1.807) is 25.4 Å². The van der Waals surface area contributed by atoms with Crippen LogP contribution in [0.2, 0.25) is 5.02 Å². The van der Waals surface area contributed by atoms with Crippen LogP contribution in [0.25, 0.3) is 10.9 Å². The maximum Gasteiger partial charge on any atom is 0.307 e. The van der Waals surface area contributed by atoms with Crippen molar-refractivity contribution in [3.8, 4) is 5.75 Å². The predicted octanol–water partition coefficient (Wildman–Crippen LogP) is 2.46. The Balaban J connectivity index is 2.59. The highest BCUT2D eigenvalue weighted by Crippen LogP contribution is 2.31. The van der Waals surface area contributed by atoms with Crippen LogP contribution in [0.1, 0.15) is 5.56 Å². The molecule has 0 aliphatic carbocycles. The minimum Gasteiger partial charge on any atom is -0.497 e. The molecule has 84 valence electrons. The molecule has 2 rings (SSSR count). The van der Waals surface area contributed by atoms with E-state index in [4.69, 9.17) is 21.4 Å². The Morgan fingerprint density at radius 3 is 2.94 bits per heavy atom. The van der Waals surface area contributed by atoms with Crippen molar-refractivity contribution >= 4 is 28.5 Å². The molecule has 5 heteroatoms. The SMILES string of the molecule is COc1cc(Cl)c2c(CC(=O)O)c[nH]c2c1. The summed E-state index contributed by atoms with van der Waals surface area (Å²) in [5.74, 6) is -0.242. The molecule has 0 spiro atoms. The number of carboxylic acids is 1. The highest BCUT2D eigenvalue weighted by atomic mass is 35.5. The topological polar surface area (TPSA) is 62.3 Å². The van der Waals surface area contributed by atoms with Crippen LogP contribution in [0, 0.1) is 0 Å². The molecule has 0 fully saturated rings. The van der Waals surface area contributed by atoms with Crippen LogP contribution in [0.4, 0.5) is 0 Å². The molecule has 0 bridgehead atoms. The first-order chi connectivity index (χ1) is 7.61. The van der Waals surface area contributed by atoms with E-state index in [9.17, 15) is 4.79 Å². The largest absolute Gasteiger partial charge is 0.497 e. The molecular formula is C11H10ClNO3. The number of aromatic nitrogens is 1. The van der Waals surface area contributed by atoms with E-state index in [1.807, 2.05) is 0 Å². The Kier molecular flexibility index (Phi) is 2.75. The van der Waals surface area contributed by atoms with E-state index < -0.39 is 5.97 Å². The summed E-state index contributed by atoms with van der Waals surface area (Å²) in [5, 5.41) is 9.99. The Morgan fingerprint density at radius 1 is 1.56 bits per heavy atom. The number of halogens is 1. The minimum absolute atomic E-state index is 0.0496. The van der Waals surface area contributed by atoms with Gasteiger partial charge in [0.15, 0.2) is 0 Å². The van der Waals surface area contributed by atoms with Gasteiger partial charge in [-0.05, 0) is 11.6 Å². The third-order valence-electron chi connectivity index (χ3n) is 2.36. The zero-order valence-electron chi connectivity index (χ0n) is 8.58. The third kappa shape index (κ3) is 1.84.